The van der Waals surface area contributed by atoms with Crippen molar-refractivity contribution in [2.75, 3.05) is 18.4 Å². The second-order valence-corrected chi connectivity index (χ2v) is 4.46. The highest BCUT2D eigenvalue weighted by Crippen LogP contribution is 2.21. The Morgan fingerprint density at radius 1 is 1.53 bits per heavy atom. The summed E-state index contributed by atoms with van der Waals surface area (Å²) in [5, 5.41) is 16.2. The fraction of sp³-hybridized carbons (Fsp3) is 0.417. The Morgan fingerprint density at radius 3 is 2.89 bits per heavy atom. The van der Waals surface area contributed by atoms with Crippen LogP contribution in [0, 0.1) is 21.8 Å². The number of halogens is 1. The Labute approximate surface area is 109 Å². The molecule has 2 rings (SSSR count). The predicted molar refractivity (Wildman–Crippen MR) is 67.3 cm³/mol. The summed E-state index contributed by atoms with van der Waals surface area (Å²) in [6.45, 7) is 1.50. The first-order valence-corrected chi connectivity index (χ1v) is 6.03. The molecule has 102 valence electrons. The summed E-state index contributed by atoms with van der Waals surface area (Å²) in [4.78, 5) is 21.6. The standard InChI is InChI=1S/C12H14FN3O3/c13-10-6-9(3-4-11(10)16(18)19)15-12(17)8-2-1-5-14-7-8/h3-4,6,8,14H,1-2,5,7H2,(H,15,17). The van der Waals surface area contributed by atoms with Crippen LogP contribution in [0.15, 0.2) is 18.2 Å². The minimum absolute atomic E-state index is 0.146. The van der Waals surface area contributed by atoms with Gasteiger partial charge in [-0.1, -0.05) is 0 Å². The first-order valence-electron chi connectivity index (χ1n) is 6.03. The minimum atomic E-state index is -0.954. The monoisotopic (exact) mass is 267 g/mol. The largest absolute Gasteiger partial charge is 0.326 e. The van der Waals surface area contributed by atoms with Gasteiger partial charge in [0.05, 0.1) is 10.8 Å². The maximum absolute atomic E-state index is 13.4. The molecule has 0 aromatic heterocycles. The number of nitro groups is 1. The Bertz CT molecular complexity index is 501. The van der Waals surface area contributed by atoms with E-state index in [0.29, 0.717) is 6.54 Å². The zero-order valence-electron chi connectivity index (χ0n) is 10.2. The highest BCUT2D eigenvalue weighted by atomic mass is 19.1. The number of carbonyl (C=O) groups excluding carboxylic acids is 1. The minimum Gasteiger partial charge on any atom is -0.326 e. The molecule has 0 saturated carbocycles. The number of hydrogen-bond acceptors (Lipinski definition) is 4. The molecule has 1 aliphatic heterocycles. The first-order chi connectivity index (χ1) is 9.08. The Kier molecular flexibility index (Phi) is 4.06. The van der Waals surface area contributed by atoms with Gasteiger partial charge in [-0.25, -0.2) is 0 Å². The predicted octanol–water partition coefficient (Wildman–Crippen LogP) is 1.67. The molecule has 0 radical (unpaired) electrons. The molecule has 1 heterocycles. The second kappa shape index (κ2) is 5.75. The van der Waals surface area contributed by atoms with Crippen LogP contribution >= 0.6 is 0 Å². The summed E-state index contributed by atoms with van der Waals surface area (Å²) in [5.74, 6) is -1.29. The number of nitrogens with zero attached hydrogens (tertiary/aromatic N) is 1. The van der Waals surface area contributed by atoms with E-state index in [1.54, 1.807) is 0 Å². The second-order valence-electron chi connectivity index (χ2n) is 4.46. The van der Waals surface area contributed by atoms with Crippen molar-refractivity contribution < 1.29 is 14.1 Å². The summed E-state index contributed by atoms with van der Waals surface area (Å²) in [6, 6.07) is 3.34. The van der Waals surface area contributed by atoms with E-state index in [-0.39, 0.29) is 17.5 Å². The summed E-state index contributed by atoms with van der Waals surface area (Å²) in [7, 11) is 0. The number of carbonyl (C=O) groups is 1. The van der Waals surface area contributed by atoms with Crippen molar-refractivity contribution in [3.05, 3.63) is 34.1 Å². The van der Waals surface area contributed by atoms with Crippen LogP contribution in [0.25, 0.3) is 0 Å². The molecule has 19 heavy (non-hydrogen) atoms. The lowest BCUT2D eigenvalue weighted by Gasteiger charge is -2.21. The number of piperidine rings is 1. The van der Waals surface area contributed by atoms with Gasteiger partial charge in [-0.2, -0.15) is 4.39 Å². The molecule has 1 amide bonds. The fourth-order valence-corrected chi connectivity index (χ4v) is 2.05. The van der Waals surface area contributed by atoms with Crippen LogP contribution in [0.2, 0.25) is 0 Å². The molecule has 1 fully saturated rings. The van der Waals surface area contributed by atoms with Gasteiger partial charge in [-0.15, -0.1) is 0 Å². The molecular formula is C12H14FN3O3. The Hall–Kier alpha value is -2.02. The van der Waals surface area contributed by atoms with E-state index in [0.717, 1.165) is 31.5 Å². The van der Waals surface area contributed by atoms with E-state index < -0.39 is 16.4 Å². The molecule has 0 spiro atoms. The molecular weight excluding hydrogens is 253 g/mol. The Balaban J connectivity index is 2.04. The topological polar surface area (TPSA) is 84.3 Å². The van der Waals surface area contributed by atoms with Crippen molar-refractivity contribution in [2.24, 2.45) is 5.92 Å². The molecule has 0 aliphatic carbocycles. The molecule has 1 saturated heterocycles. The van der Waals surface area contributed by atoms with Gasteiger partial charge in [0.2, 0.25) is 11.7 Å². The third kappa shape index (κ3) is 3.25. The smallest absolute Gasteiger partial charge is 0.304 e. The third-order valence-electron chi connectivity index (χ3n) is 3.08. The lowest BCUT2D eigenvalue weighted by atomic mass is 9.99. The molecule has 1 atom stereocenters. The molecule has 2 N–H and O–H groups in total. The van der Waals surface area contributed by atoms with Gasteiger partial charge < -0.3 is 10.6 Å². The van der Waals surface area contributed by atoms with E-state index in [9.17, 15) is 19.3 Å². The number of nitrogens with one attached hydrogen (secondary N) is 2. The molecule has 6 nitrogen and oxygen atoms in total. The SMILES string of the molecule is O=C(Nc1ccc([N+](=O)[O-])c(F)c1)C1CCCNC1. The normalized spacial score (nSPS) is 18.9. The molecule has 7 heteroatoms. The number of rotatable bonds is 3. The van der Waals surface area contributed by atoms with Crippen LogP contribution in [-0.4, -0.2) is 23.9 Å². The van der Waals surface area contributed by atoms with Gasteiger partial charge in [-0.3, -0.25) is 14.9 Å². The summed E-state index contributed by atoms with van der Waals surface area (Å²) in [6.07, 6.45) is 1.71. The lowest BCUT2D eigenvalue weighted by Crippen LogP contribution is -2.37. The number of anilines is 1. The number of nitro benzene ring substituents is 1. The van der Waals surface area contributed by atoms with E-state index in [4.69, 9.17) is 0 Å². The third-order valence-corrected chi connectivity index (χ3v) is 3.08. The van der Waals surface area contributed by atoms with Gasteiger partial charge >= 0.3 is 5.69 Å². The van der Waals surface area contributed by atoms with E-state index >= 15 is 0 Å². The van der Waals surface area contributed by atoms with Crippen molar-refractivity contribution in [1.82, 2.24) is 5.32 Å². The van der Waals surface area contributed by atoms with Crippen molar-refractivity contribution in [1.29, 1.82) is 0 Å². The van der Waals surface area contributed by atoms with Gasteiger partial charge in [-0.05, 0) is 25.5 Å². The van der Waals surface area contributed by atoms with Gasteiger partial charge in [0.15, 0.2) is 0 Å². The first kappa shape index (κ1) is 13.4. The average molecular weight is 267 g/mol. The number of benzene rings is 1. The van der Waals surface area contributed by atoms with E-state index in [1.807, 2.05) is 0 Å². The van der Waals surface area contributed by atoms with Crippen molar-refractivity contribution in [3.8, 4) is 0 Å². The van der Waals surface area contributed by atoms with Crippen molar-refractivity contribution in [2.45, 2.75) is 12.8 Å². The van der Waals surface area contributed by atoms with Crippen LogP contribution in [0.4, 0.5) is 15.8 Å². The molecule has 0 bridgehead atoms. The lowest BCUT2D eigenvalue weighted by molar-refractivity contribution is -0.387. The molecule has 1 aromatic rings. The van der Waals surface area contributed by atoms with Crippen LogP contribution < -0.4 is 10.6 Å². The van der Waals surface area contributed by atoms with Crippen LogP contribution in [0.3, 0.4) is 0 Å². The van der Waals surface area contributed by atoms with Crippen LogP contribution in [-0.2, 0) is 4.79 Å². The highest BCUT2D eigenvalue weighted by molar-refractivity contribution is 5.92. The zero-order valence-corrected chi connectivity index (χ0v) is 10.2. The van der Waals surface area contributed by atoms with Crippen LogP contribution in [0.1, 0.15) is 12.8 Å². The maximum atomic E-state index is 13.4. The maximum Gasteiger partial charge on any atom is 0.304 e. The highest BCUT2D eigenvalue weighted by Gasteiger charge is 2.21. The van der Waals surface area contributed by atoms with E-state index in [2.05, 4.69) is 10.6 Å². The Morgan fingerprint density at radius 2 is 2.32 bits per heavy atom. The van der Waals surface area contributed by atoms with E-state index in [1.165, 1.54) is 6.07 Å². The van der Waals surface area contributed by atoms with Gasteiger partial charge in [0, 0.05) is 24.4 Å². The molecule has 1 unspecified atom stereocenters. The summed E-state index contributed by atoms with van der Waals surface area (Å²) >= 11 is 0. The van der Waals surface area contributed by atoms with Crippen molar-refractivity contribution >= 4 is 17.3 Å². The van der Waals surface area contributed by atoms with Gasteiger partial charge in [0.1, 0.15) is 0 Å². The average Bonchev–Trinajstić information content (AvgIpc) is 2.39. The number of hydrogen-bond donors (Lipinski definition) is 2. The number of amides is 1. The van der Waals surface area contributed by atoms with Gasteiger partial charge in [0.25, 0.3) is 0 Å². The van der Waals surface area contributed by atoms with Crippen molar-refractivity contribution in [3.63, 3.8) is 0 Å². The molecule has 1 aromatic carbocycles. The quantitative estimate of drug-likeness (QED) is 0.644. The zero-order chi connectivity index (χ0) is 13.8. The summed E-state index contributed by atoms with van der Waals surface area (Å²) < 4.78 is 13.4. The summed E-state index contributed by atoms with van der Waals surface area (Å²) in [5.41, 5.74) is -0.365. The molecule has 1 aliphatic rings. The van der Waals surface area contributed by atoms with Crippen LogP contribution in [0.5, 0.6) is 0 Å². The fourth-order valence-electron chi connectivity index (χ4n) is 2.05.